The minimum atomic E-state index is -3.88. The van der Waals surface area contributed by atoms with Crippen LogP contribution >= 0.6 is 11.6 Å². The summed E-state index contributed by atoms with van der Waals surface area (Å²) in [4.78, 5) is 12.6. The molecule has 0 aliphatic carbocycles. The zero-order valence-corrected chi connectivity index (χ0v) is 16.2. The molecule has 0 bridgehead atoms. The maximum Gasteiger partial charge on any atom is 0.259 e. The summed E-state index contributed by atoms with van der Waals surface area (Å²) >= 11 is 5.90. The van der Waals surface area contributed by atoms with E-state index < -0.39 is 15.9 Å². The Kier molecular flexibility index (Phi) is 5.05. The molecule has 7 nitrogen and oxygen atoms in total. The van der Waals surface area contributed by atoms with Gasteiger partial charge >= 0.3 is 0 Å². The van der Waals surface area contributed by atoms with E-state index in [-0.39, 0.29) is 4.90 Å². The van der Waals surface area contributed by atoms with Crippen molar-refractivity contribution in [3.63, 3.8) is 0 Å². The van der Waals surface area contributed by atoms with Gasteiger partial charge in [0.1, 0.15) is 0 Å². The molecule has 1 heterocycles. The van der Waals surface area contributed by atoms with Crippen molar-refractivity contribution in [1.82, 2.24) is 9.78 Å². The molecule has 1 aromatic heterocycles. The molecule has 0 fully saturated rings. The van der Waals surface area contributed by atoms with Gasteiger partial charge in [0, 0.05) is 10.7 Å². The van der Waals surface area contributed by atoms with Crippen LogP contribution in [0.4, 0.5) is 5.69 Å². The topological polar surface area (TPSA) is 107 Å². The average molecular weight is 405 g/mol. The molecule has 2 aromatic carbocycles. The highest BCUT2D eigenvalue weighted by atomic mass is 35.5. The number of nitrogens with one attached hydrogen (secondary N) is 1. The lowest BCUT2D eigenvalue weighted by atomic mass is 10.2. The van der Waals surface area contributed by atoms with Gasteiger partial charge in [0.2, 0.25) is 10.0 Å². The van der Waals surface area contributed by atoms with Gasteiger partial charge in [0.05, 0.1) is 28.0 Å². The van der Waals surface area contributed by atoms with Crippen LogP contribution in [0.1, 0.15) is 21.6 Å². The van der Waals surface area contributed by atoms with E-state index in [1.54, 1.807) is 54.9 Å². The van der Waals surface area contributed by atoms with E-state index in [1.807, 2.05) is 0 Å². The number of rotatable bonds is 4. The lowest BCUT2D eigenvalue weighted by molar-refractivity contribution is 0.102. The molecule has 0 atom stereocenters. The summed E-state index contributed by atoms with van der Waals surface area (Å²) in [5, 5.41) is 12.7. The van der Waals surface area contributed by atoms with Crippen LogP contribution in [0.2, 0.25) is 5.02 Å². The van der Waals surface area contributed by atoms with E-state index in [0.717, 1.165) is 5.69 Å². The Morgan fingerprint density at radius 2 is 1.81 bits per heavy atom. The second-order valence-corrected chi connectivity index (χ2v) is 7.98. The number of nitrogens with two attached hydrogens (primary N) is 1. The minimum absolute atomic E-state index is 0.0334. The molecule has 140 valence electrons. The van der Waals surface area contributed by atoms with Crippen molar-refractivity contribution in [2.45, 2.75) is 18.7 Å². The van der Waals surface area contributed by atoms with Gasteiger partial charge in [-0.25, -0.2) is 18.2 Å². The summed E-state index contributed by atoms with van der Waals surface area (Å²) in [5.74, 6) is -0.406. The Bertz CT molecular complexity index is 1120. The maximum absolute atomic E-state index is 12.6. The van der Waals surface area contributed by atoms with Gasteiger partial charge in [0.25, 0.3) is 5.91 Å². The predicted molar refractivity (Wildman–Crippen MR) is 104 cm³/mol. The molecular weight excluding hydrogens is 388 g/mol. The van der Waals surface area contributed by atoms with Crippen molar-refractivity contribution >= 4 is 33.2 Å². The number of anilines is 1. The summed E-state index contributed by atoms with van der Waals surface area (Å²) < 4.78 is 24.9. The lowest BCUT2D eigenvalue weighted by Crippen LogP contribution is -2.16. The van der Waals surface area contributed by atoms with Crippen LogP contribution in [-0.4, -0.2) is 24.1 Å². The van der Waals surface area contributed by atoms with E-state index >= 15 is 0 Å². The molecule has 0 saturated carbocycles. The first kappa shape index (κ1) is 19.1. The van der Waals surface area contributed by atoms with E-state index in [4.69, 9.17) is 16.7 Å². The predicted octanol–water partition coefficient (Wildman–Crippen LogP) is 3.04. The van der Waals surface area contributed by atoms with Gasteiger partial charge in [-0.15, -0.1) is 0 Å². The molecule has 9 heteroatoms. The molecule has 0 saturated heterocycles. The maximum atomic E-state index is 12.6. The second-order valence-electron chi connectivity index (χ2n) is 6.01. The number of hydrogen-bond acceptors (Lipinski definition) is 4. The number of primary sulfonamides is 1. The number of hydrogen-bond donors (Lipinski definition) is 2. The fourth-order valence-corrected chi connectivity index (χ4v) is 3.59. The minimum Gasteiger partial charge on any atom is -0.322 e. The molecule has 1 amide bonds. The lowest BCUT2D eigenvalue weighted by Gasteiger charge is -2.09. The third kappa shape index (κ3) is 4.02. The number of aromatic nitrogens is 2. The normalized spacial score (nSPS) is 11.4. The zero-order chi connectivity index (χ0) is 19.8. The van der Waals surface area contributed by atoms with Crippen molar-refractivity contribution < 1.29 is 13.2 Å². The molecule has 0 spiro atoms. The molecule has 27 heavy (non-hydrogen) atoms. The second kappa shape index (κ2) is 7.15. The van der Waals surface area contributed by atoms with Gasteiger partial charge in [-0.05, 0) is 55.8 Å². The highest BCUT2D eigenvalue weighted by Gasteiger charge is 2.17. The third-order valence-electron chi connectivity index (χ3n) is 4.08. The number of nitrogens with zero attached hydrogens (tertiary/aromatic N) is 2. The van der Waals surface area contributed by atoms with Crippen molar-refractivity contribution in [3.8, 4) is 5.69 Å². The van der Waals surface area contributed by atoms with E-state index in [2.05, 4.69) is 10.4 Å². The van der Waals surface area contributed by atoms with Gasteiger partial charge in [-0.3, -0.25) is 4.79 Å². The van der Waals surface area contributed by atoms with Crippen LogP contribution < -0.4 is 10.5 Å². The Balaban J connectivity index is 1.89. The summed E-state index contributed by atoms with van der Waals surface area (Å²) in [6.45, 7) is 3.40. The molecule has 3 N–H and O–H groups in total. The van der Waals surface area contributed by atoms with E-state index in [0.29, 0.717) is 27.5 Å². The highest BCUT2D eigenvalue weighted by Crippen LogP contribution is 2.21. The molecule has 0 aliphatic heterocycles. The summed E-state index contributed by atoms with van der Waals surface area (Å²) in [6.07, 6.45) is 1.45. The zero-order valence-electron chi connectivity index (χ0n) is 14.6. The van der Waals surface area contributed by atoms with Gasteiger partial charge in [0.15, 0.2) is 0 Å². The van der Waals surface area contributed by atoms with Gasteiger partial charge in [-0.1, -0.05) is 17.7 Å². The van der Waals surface area contributed by atoms with Crippen molar-refractivity contribution in [1.29, 1.82) is 0 Å². The fourth-order valence-electron chi connectivity index (χ4n) is 2.66. The number of halogens is 1. The number of sulfonamides is 1. The third-order valence-corrected chi connectivity index (χ3v) is 5.38. The Labute approximate surface area is 161 Å². The van der Waals surface area contributed by atoms with Crippen LogP contribution in [0.3, 0.4) is 0 Å². The number of amides is 1. The summed E-state index contributed by atoms with van der Waals surface area (Å²) in [6, 6.07) is 11.6. The highest BCUT2D eigenvalue weighted by molar-refractivity contribution is 7.89. The first-order chi connectivity index (χ1) is 12.7. The van der Waals surface area contributed by atoms with Crippen molar-refractivity contribution in [2.75, 3.05) is 5.32 Å². The van der Waals surface area contributed by atoms with Gasteiger partial charge < -0.3 is 5.32 Å². The first-order valence-electron chi connectivity index (χ1n) is 7.92. The molecule has 3 aromatic rings. The summed E-state index contributed by atoms with van der Waals surface area (Å²) in [7, 11) is -3.88. The van der Waals surface area contributed by atoms with Crippen LogP contribution in [0, 0.1) is 13.8 Å². The van der Waals surface area contributed by atoms with Crippen LogP contribution in [0.15, 0.2) is 53.6 Å². The quantitative estimate of drug-likeness (QED) is 0.696. The van der Waals surface area contributed by atoms with Crippen LogP contribution in [-0.2, 0) is 10.0 Å². The Hall–Kier alpha value is -2.68. The monoisotopic (exact) mass is 404 g/mol. The number of aryl methyl sites for hydroxylation is 1. The smallest absolute Gasteiger partial charge is 0.259 e. The fraction of sp³-hybridized carbons (Fsp3) is 0.111. The largest absolute Gasteiger partial charge is 0.322 e. The molecule has 0 unspecified atom stereocenters. The van der Waals surface area contributed by atoms with Crippen molar-refractivity contribution in [3.05, 3.63) is 70.5 Å². The Morgan fingerprint density at radius 3 is 2.44 bits per heavy atom. The van der Waals surface area contributed by atoms with Crippen molar-refractivity contribution in [2.24, 2.45) is 5.14 Å². The van der Waals surface area contributed by atoms with Crippen LogP contribution in [0.5, 0.6) is 0 Å². The molecule has 3 rings (SSSR count). The summed E-state index contributed by atoms with van der Waals surface area (Å²) in [5.41, 5.74) is 2.59. The molecule has 0 aliphatic rings. The molecule has 0 radical (unpaired) electrons. The number of benzene rings is 2. The SMILES string of the molecule is Cc1ccc(NC(=O)c2cnn(-c3ccc(Cl)cc3)c2C)cc1S(N)(=O)=O. The van der Waals surface area contributed by atoms with Crippen LogP contribution in [0.25, 0.3) is 5.69 Å². The molecular formula is C18H17ClN4O3S. The van der Waals surface area contributed by atoms with Gasteiger partial charge in [-0.2, -0.15) is 5.10 Å². The standard InChI is InChI=1S/C18H17ClN4O3S/c1-11-3-6-14(9-17(11)27(20,25)26)22-18(24)16-10-21-23(12(16)2)15-7-4-13(19)5-8-15/h3-10H,1-2H3,(H,22,24)(H2,20,25,26). The first-order valence-corrected chi connectivity index (χ1v) is 9.84. The number of carbonyl (C=O) groups is 1. The average Bonchev–Trinajstić information content (AvgIpc) is 2.98. The van der Waals surface area contributed by atoms with E-state index in [1.165, 1.54) is 12.3 Å². The Morgan fingerprint density at radius 1 is 1.15 bits per heavy atom. The number of carbonyl (C=O) groups excluding carboxylic acids is 1. The van der Waals surface area contributed by atoms with E-state index in [9.17, 15) is 13.2 Å².